The fourth-order valence-corrected chi connectivity index (χ4v) is 4.00. The van der Waals surface area contributed by atoms with Crippen LogP contribution in [0, 0.1) is 0 Å². The maximum absolute atomic E-state index is 12.9. The number of aromatic hydroxyl groups is 1. The van der Waals surface area contributed by atoms with Gasteiger partial charge in [0.2, 0.25) is 5.91 Å². The number of para-hydroxylation sites is 1. The molecule has 0 fully saturated rings. The molecule has 0 saturated heterocycles. The smallest absolute Gasteiger partial charge is 0.416 e. The Hall–Kier alpha value is -3.79. The highest BCUT2D eigenvalue weighted by molar-refractivity contribution is 7.99. The molecule has 6 nitrogen and oxygen atoms in total. The van der Waals surface area contributed by atoms with Crippen LogP contribution >= 0.6 is 11.8 Å². The van der Waals surface area contributed by atoms with Crippen LogP contribution in [0.4, 0.5) is 18.9 Å². The molecule has 0 saturated carbocycles. The van der Waals surface area contributed by atoms with Crippen molar-refractivity contribution in [2.24, 2.45) is 0 Å². The molecule has 174 valence electrons. The first-order chi connectivity index (χ1) is 16.3. The number of aromatic nitrogens is 3. The number of nitrogens with zero attached hydrogens (tertiary/aromatic N) is 3. The van der Waals surface area contributed by atoms with Crippen LogP contribution in [0.5, 0.6) is 5.75 Å². The zero-order chi connectivity index (χ0) is 24.1. The number of hydrogen-bond acceptors (Lipinski definition) is 5. The summed E-state index contributed by atoms with van der Waals surface area (Å²) in [7, 11) is 0. The number of thioether (sulfide) groups is 1. The van der Waals surface area contributed by atoms with Crippen molar-refractivity contribution in [1.82, 2.24) is 14.8 Å². The third-order valence-electron chi connectivity index (χ3n) is 4.85. The molecule has 0 aliphatic heterocycles. The van der Waals surface area contributed by atoms with Crippen molar-refractivity contribution in [3.05, 3.63) is 90.0 Å². The predicted molar refractivity (Wildman–Crippen MR) is 123 cm³/mol. The highest BCUT2D eigenvalue weighted by Gasteiger charge is 2.30. The van der Waals surface area contributed by atoms with Crippen LogP contribution in [0.15, 0.2) is 84.0 Å². The number of hydrogen-bond donors (Lipinski definition) is 2. The third kappa shape index (κ3) is 5.57. The normalized spacial score (nSPS) is 11.4. The molecule has 0 aliphatic carbocycles. The summed E-state index contributed by atoms with van der Waals surface area (Å²) in [5, 5.41) is 21.6. The molecule has 1 heterocycles. The molecule has 2 N–H and O–H groups in total. The number of benzene rings is 3. The molecule has 0 unspecified atom stereocenters. The second-order valence-corrected chi connectivity index (χ2v) is 8.25. The van der Waals surface area contributed by atoms with E-state index in [9.17, 15) is 23.1 Å². The summed E-state index contributed by atoms with van der Waals surface area (Å²) in [6, 6.07) is 20.8. The molecular weight excluding hydrogens is 465 g/mol. The zero-order valence-corrected chi connectivity index (χ0v) is 18.5. The molecular formula is C24H19F3N4O2S. The molecule has 10 heteroatoms. The minimum absolute atomic E-state index is 0.0445. The van der Waals surface area contributed by atoms with E-state index in [4.69, 9.17) is 0 Å². The lowest BCUT2D eigenvalue weighted by molar-refractivity contribution is -0.137. The van der Waals surface area contributed by atoms with Gasteiger partial charge in [0.05, 0.1) is 23.4 Å². The molecule has 34 heavy (non-hydrogen) atoms. The summed E-state index contributed by atoms with van der Waals surface area (Å²) in [4.78, 5) is 12.4. The van der Waals surface area contributed by atoms with E-state index in [-0.39, 0.29) is 17.2 Å². The molecule has 3 aromatic carbocycles. The third-order valence-corrected chi connectivity index (χ3v) is 5.82. The summed E-state index contributed by atoms with van der Waals surface area (Å²) in [5.74, 6) is -0.0993. The van der Waals surface area contributed by atoms with Crippen LogP contribution in [-0.4, -0.2) is 31.5 Å². The van der Waals surface area contributed by atoms with Crippen LogP contribution in [0.25, 0.3) is 11.4 Å². The highest BCUT2D eigenvalue weighted by atomic mass is 32.2. The monoisotopic (exact) mass is 484 g/mol. The Kier molecular flexibility index (Phi) is 6.87. The van der Waals surface area contributed by atoms with E-state index < -0.39 is 17.6 Å². The van der Waals surface area contributed by atoms with Gasteiger partial charge >= 0.3 is 6.18 Å². The molecule has 0 atom stereocenters. The van der Waals surface area contributed by atoms with Gasteiger partial charge in [-0.25, -0.2) is 0 Å². The molecule has 0 aliphatic rings. The average molecular weight is 485 g/mol. The van der Waals surface area contributed by atoms with Gasteiger partial charge in [0.15, 0.2) is 11.0 Å². The Morgan fingerprint density at radius 2 is 1.71 bits per heavy atom. The minimum Gasteiger partial charge on any atom is -0.507 e. The standard InChI is InChI=1S/C24H19F3N4O2S/c25-24(26,27)17-9-6-10-18(13-17)28-21(33)15-34-23-30-29-22(19-11-4-5-12-20(19)32)31(23)14-16-7-2-1-3-8-16/h1-13,32H,14-15H2,(H,28,33). The van der Waals surface area contributed by atoms with E-state index in [2.05, 4.69) is 15.5 Å². The van der Waals surface area contributed by atoms with Gasteiger partial charge in [-0.05, 0) is 35.9 Å². The number of nitrogens with one attached hydrogen (secondary N) is 1. The van der Waals surface area contributed by atoms with E-state index >= 15 is 0 Å². The van der Waals surface area contributed by atoms with Gasteiger partial charge in [-0.2, -0.15) is 13.2 Å². The Labute approximate surface area is 197 Å². The number of carbonyl (C=O) groups excluding carboxylic acids is 1. The van der Waals surface area contributed by atoms with Crippen LogP contribution < -0.4 is 5.32 Å². The number of carbonyl (C=O) groups is 1. The summed E-state index contributed by atoms with van der Waals surface area (Å²) in [6.07, 6.45) is -4.50. The summed E-state index contributed by atoms with van der Waals surface area (Å²) >= 11 is 1.10. The molecule has 0 radical (unpaired) electrons. The topological polar surface area (TPSA) is 80.0 Å². The van der Waals surface area contributed by atoms with Gasteiger partial charge in [0, 0.05) is 5.69 Å². The van der Waals surface area contributed by atoms with Gasteiger partial charge < -0.3 is 10.4 Å². The molecule has 0 spiro atoms. The van der Waals surface area contributed by atoms with E-state index in [1.54, 1.807) is 28.8 Å². The van der Waals surface area contributed by atoms with E-state index in [0.29, 0.717) is 23.1 Å². The summed E-state index contributed by atoms with van der Waals surface area (Å²) in [5.41, 5.74) is 0.675. The fraction of sp³-hybridized carbons (Fsp3) is 0.125. The number of phenols is 1. The number of amides is 1. The lowest BCUT2D eigenvalue weighted by Gasteiger charge is -2.12. The molecule has 4 rings (SSSR count). The Morgan fingerprint density at radius 3 is 2.44 bits per heavy atom. The number of anilines is 1. The SMILES string of the molecule is O=C(CSc1nnc(-c2ccccc2O)n1Cc1ccccc1)Nc1cccc(C(F)(F)F)c1. The van der Waals surface area contributed by atoms with E-state index in [1.165, 1.54) is 12.1 Å². The van der Waals surface area contributed by atoms with Gasteiger partial charge in [-0.3, -0.25) is 9.36 Å². The summed E-state index contributed by atoms with van der Waals surface area (Å²) in [6.45, 7) is 0.398. The van der Waals surface area contributed by atoms with Gasteiger partial charge in [-0.1, -0.05) is 60.3 Å². The van der Waals surface area contributed by atoms with Crippen molar-refractivity contribution in [3.63, 3.8) is 0 Å². The first-order valence-corrected chi connectivity index (χ1v) is 11.2. The first-order valence-electron chi connectivity index (χ1n) is 10.2. The van der Waals surface area contributed by atoms with Crippen LogP contribution in [-0.2, 0) is 17.5 Å². The lowest BCUT2D eigenvalue weighted by Crippen LogP contribution is -2.15. The second-order valence-electron chi connectivity index (χ2n) is 7.31. The second kappa shape index (κ2) is 10.0. The average Bonchev–Trinajstić information content (AvgIpc) is 3.20. The fourth-order valence-electron chi connectivity index (χ4n) is 3.27. The Bertz CT molecular complexity index is 1290. The quantitative estimate of drug-likeness (QED) is 0.341. The first kappa shape index (κ1) is 23.4. The zero-order valence-electron chi connectivity index (χ0n) is 17.7. The summed E-state index contributed by atoms with van der Waals surface area (Å²) < 4.78 is 40.5. The van der Waals surface area contributed by atoms with Crippen molar-refractivity contribution in [3.8, 4) is 17.1 Å². The van der Waals surface area contributed by atoms with Gasteiger partial charge in [0.25, 0.3) is 0 Å². The van der Waals surface area contributed by atoms with Crippen molar-refractivity contribution in [1.29, 1.82) is 0 Å². The number of rotatable bonds is 7. The largest absolute Gasteiger partial charge is 0.507 e. The lowest BCUT2D eigenvalue weighted by atomic mass is 10.1. The maximum Gasteiger partial charge on any atom is 0.416 e. The molecule has 1 amide bonds. The van der Waals surface area contributed by atoms with Crippen LogP contribution in [0.1, 0.15) is 11.1 Å². The Balaban J connectivity index is 1.54. The van der Waals surface area contributed by atoms with Crippen LogP contribution in [0.3, 0.4) is 0 Å². The molecule has 1 aromatic heterocycles. The number of phenolic OH excluding ortho intramolecular Hbond substituents is 1. The van der Waals surface area contributed by atoms with Crippen molar-refractivity contribution in [2.75, 3.05) is 11.1 Å². The van der Waals surface area contributed by atoms with Crippen molar-refractivity contribution < 1.29 is 23.1 Å². The molecule has 0 bridgehead atoms. The molecule has 4 aromatic rings. The van der Waals surface area contributed by atoms with Crippen molar-refractivity contribution in [2.45, 2.75) is 17.9 Å². The Morgan fingerprint density at radius 1 is 0.971 bits per heavy atom. The minimum atomic E-state index is -4.50. The predicted octanol–water partition coefficient (Wildman–Crippen LogP) is 5.45. The van der Waals surface area contributed by atoms with Crippen LogP contribution in [0.2, 0.25) is 0 Å². The number of halogens is 3. The van der Waals surface area contributed by atoms with Crippen molar-refractivity contribution >= 4 is 23.4 Å². The van der Waals surface area contributed by atoms with Gasteiger partial charge in [0.1, 0.15) is 5.75 Å². The van der Waals surface area contributed by atoms with E-state index in [0.717, 1.165) is 29.5 Å². The number of alkyl halides is 3. The van der Waals surface area contributed by atoms with Gasteiger partial charge in [-0.15, -0.1) is 10.2 Å². The maximum atomic E-state index is 12.9. The highest BCUT2D eigenvalue weighted by Crippen LogP contribution is 2.32. The van der Waals surface area contributed by atoms with E-state index in [1.807, 2.05) is 30.3 Å².